The Bertz CT molecular complexity index is 1490. The number of aromatic nitrogens is 4. The summed E-state index contributed by atoms with van der Waals surface area (Å²) in [7, 11) is 0. The monoisotopic (exact) mass is 495 g/mol. The van der Waals surface area contributed by atoms with Crippen molar-refractivity contribution < 1.29 is 19.2 Å². The molecule has 0 unspecified atom stereocenters. The van der Waals surface area contributed by atoms with E-state index in [0.717, 1.165) is 4.90 Å². The highest BCUT2D eigenvalue weighted by Gasteiger charge is 2.49. The number of urea groups is 1. The molecule has 2 N–H and O–H groups in total. The highest BCUT2D eigenvalue weighted by molar-refractivity contribution is 6.11. The number of carbonyl (C=O) groups is 4. The van der Waals surface area contributed by atoms with Crippen molar-refractivity contribution in [2.75, 3.05) is 11.9 Å². The first-order chi connectivity index (χ1) is 17.8. The summed E-state index contributed by atoms with van der Waals surface area (Å²) in [6.07, 6.45) is 1.42. The lowest BCUT2D eigenvalue weighted by Crippen LogP contribution is -2.41. The molecular weight excluding hydrogens is 474 g/mol. The number of hydrogen-bond acceptors (Lipinski definition) is 7. The number of Topliss-reactive ketones (excluding diaryl/α,β-unsaturated/α-hetero) is 1. The normalized spacial score (nSPS) is 16.9. The number of nitrogens with one attached hydrogen (secondary N) is 2. The van der Waals surface area contributed by atoms with Gasteiger partial charge in [0, 0.05) is 16.8 Å². The van der Waals surface area contributed by atoms with Crippen LogP contribution in [0.4, 0.5) is 10.5 Å². The molecule has 1 aromatic heterocycles. The molecule has 0 radical (unpaired) electrons. The molecule has 11 nitrogen and oxygen atoms in total. The van der Waals surface area contributed by atoms with E-state index in [2.05, 4.69) is 26.2 Å². The maximum atomic E-state index is 13.3. The molecule has 0 spiro atoms. The van der Waals surface area contributed by atoms with E-state index < -0.39 is 29.8 Å². The van der Waals surface area contributed by atoms with Gasteiger partial charge in [-0.3, -0.25) is 19.3 Å². The van der Waals surface area contributed by atoms with E-state index in [0.29, 0.717) is 28.1 Å². The van der Waals surface area contributed by atoms with Crippen LogP contribution in [0.1, 0.15) is 33.2 Å². The number of carbonyl (C=O) groups excluding carboxylic acids is 4. The molecule has 184 valence electrons. The summed E-state index contributed by atoms with van der Waals surface area (Å²) < 4.78 is 1.43. The standard InChI is InChI=1S/C26H21N7O4/c1-26(19-8-5-9-21(14-19)33-16-27-30-31-33)24(36)32(25(37)29-26)15-22(34)17-10-12-20(13-11-17)28-23(35)18-6-3-2-4-7-18/h2-14,16H,15H2,1H3,(H,28,35)(H,29,37)/t26-/m1/s1. The van der Waals surface area contributed by atoms with Gasteiger partial charge in [-0.15, -0.1) is 5.10 Å². The Labute approximate surface area is 211 Å². The summed E-state index contributed by atoms with van der Waals surface area (Å²) in [6.45, 7) is 1.16. The van der Waals surface area contributed by atoms with Crippen molar-refractivity contribution in [1.82, 2.24) is 30.4 Å². The highest BCUT2D eigenvalue weighted by Crippen LogP contribution is 2.30. The zero-order chi connectivity index (χ0) is 26.0. The zero-order valence-corrected chi connectivity index (χ0v) is 19.7. The van der Waals surface area contributed by atoms with E-state index >= 15 is 0 Å². The maximum absolute atomic E-state index is 13.3. The number of hydrogen-bond donors (Lipinski definition) is 2. The number of rotatable bonds is 7. The quantitative estimate of drug-likeness (QED) is 0.297. The summed E-state index contributed by atoms with van der Waals surface area (Å²) in [5.41, 5.74) is 1.08. The molecule has 1 saturated heterocycles. The minimum Gasteiger partial charge on any atom is -0.322 e. The Morgan fingerprint density at radius 2 is 1.70 bits per heavy atom. The van der Waals surface area contributed by atoms with Crippen molar-refractivity contribution in [3.8, 4) is 5.69 Å². The van der Waals surface area contributed by atoms with Crippen molar-refractivity contribution >= 4 is 29.3 Å². The largest absolute Gasteiger partial charge is 0.325 e. The fourth-order valence-corrected chi connectivity index (χ4v) is 4.04. The van der Waals surface area contributed by atoms with E-state index in [1.807, 2.05) is 6.07 Å². The van der Waals surface area contributed by atoms with Crippen molar-refractivity contribution in [3.63, 3.8) is 0 Å². The smallest absolute Gasteiger partial charge is 0.322 e. The molecule has 1 atom stereocenters. The van der Waals surface area contributed by atoms with Gasteiger partial charge >= 0.3 is 6.03 Å². The molecule has 0 saturated carbocycles. The lowest BCUT2D eigenvalue weighted by atomic mass is 9.91. The molecule has 2 heterocycles. The summed E-state index contributed by atoms with van der Waals surface area (Å²) in [5.74, 6) is -1.25. The number of tetrazole rings is 1. The molecule has 11 heteroatoms. The number of anilines is 1. The van der Waals surface area contributed by atoms with Crippen molar-refractivity contribution in [1.29, 1.82) is 0 Å². The van der Waals surface area contributed by atoms with E-state index in [9.17, 15) is 19.2 Å². The number of benzene rings is 3. The topological polar surface area (TPSA) is 139 Å². The number of nitrogens with zero attached hydrogens (tertiary/aromatic N) is 5. The zero-order valence-electron chi connectivity index (χ0n) is 19.7. The van der Waals surface area contributed by atoms with Gasteiger partial charge in [-0.1, -0.05) is 30.3 Å². The third-order valence-corrected chi connectivity index (χ3v) is 6.11. The average molecular weight is 495 g/mol. The Hall–Kier alpha value is -5.19. The van der Waals surface area contributed by atoms with Crippen LogP contribution >= 0.6 is 0 Å². The number of amides is 4. The van der Waals surface area contributed by atoms with Gasteiger partial charge in [0.05, 0.1) is 12.2 Å². The molecule has 1 aliphatic rings. The van der Waals surface area contributed by atoms with Crippen LogP contribution in [0.15, 0.2) is 85.2 Å². The second kappa shape index (κ2) is 9.46. The average Bonchev–Trinajstić information content (AvgIpc) is 3.54. The lowest BCUT2D eigenvalue weighted by Gasteiger charge is -2.22. The van der Waals surface area contributed by atoms with Crippen LogP contribution in [0.25, 0.3) is 5.69 Å². The van der Waals surface area contributed by atoms with Crippen molar-refractivity contribution in [3.05, 3.63) is 102 Å². The summed E-state index contributed by atoms with van der Waals surface area (Å²) in [4.78, 5) is 52.2. The van der Waals surface area contributed by atoms with Crippen LogP contribution in [0.2, 0.25) is 0 Å². The summed E-state index contributed by atoms with van der Waals surface area (Å²) in [6, 6.07) is 21.2. The van der Waals surface area contributed by atoms with Crippen LogP contribution in [-0.2, 0) is 10.3 Å². The van der Waals surface area contributed by atoms with Crippen molar-refractivity contribution in [2.45, 2.75) is 12.5 Å². The maximum Gasteiger partial charge on any atom is 0.325 e. The van der Waals surface area contributed by atoms with Crippen LogP contribution < -0.4 is 10.6 Å². The second-order valence-electron chi connectivity index (χ2n) is 8.57. The fourth-order valence-electron chi connectivity index (χ4n) is 4.04. The SMILES string of the molecule is C[C@]1(c2cccc(-n3cnnn3)c2)NC(=O)N(CC(=O)c2ccc(NC(=O)c3ccccc3)cc2)C1=O. The lowest BCUT2D eigenvalue weighted by molar-refractivity contribution is -0.130. The molecular formula is C26H21N7O4. The van der Waals surface area contributed by atoms with Gasteiger partial charge in [0.2, 0.25) is 0 Å². The van der Waals surface area contributed by atoms with Crippen LogP contribution in [-0.4, -0.2) is 55.3 Å². The first-order valence-corrected chi connectivity index (χ1v) is 11.3. The number of imide groups is 1. The van der Waals surface area contributed by atoms with Gasteiger partial charge in [0.1, 0.15) is 11.9 Å². The Morgan fingerprint density at radius 1 is 0.946 bits per heavy atom. The van der Waals surface area contributed by atoms with E-state index in [4.69, 9.17) is 0 Å². The third-order valence-electron chi connectivity index (χ3n) is 6.11. The minimum atomic E-state index is -1.37. The first kappa shape index (κ1) is 23.5. The van der Waals surface area contributed by atoms with Gasteiger partial charge in [-0.2, -0.15) is 0 Å². The Balaban J connectivity index is 1.28. The van der Waals surface area contributed by atoms with Gasteiger partial charge in [0.25, 0.3) is 11.8 Å². The second-order valence-corrected chi connectivity index (χ2v) is 8.57. The van der Waals surface area contributed by atoms with Gasteiger partial charge < -0.3 is 10.6 Å². The molecule has 3 aromatic carbocycles. The predicted octanol–water partition coefficient (Wildman–Crippen LogP) is 2.56. The molecule has 5 rings (SSSR count). The van der Waals surface area contributed by atoms with E-state index in [-0.39, 0.29) is 5.91 Å². The molecule has 0 bridgehead atoms. The first-order valence-electron chi connectivity index (χ1n) is 11.3. The Morgan fingerprint density at radius 3 is 2.41 bits per heavy atom. The molecule has 4 amide bonds. The summed E-state index contributed by atoms with van der Waals surface area (Å²) in [5, 5.41) is 16.5. The molecule has 4 aromatic rings. The molecule has 0 aliphatic carbocycles. The minimum absolute atomic E-state index is 0.276. The van der Waals surface area contributed by atoms with Gasteiger partial charge in [-0.05, 0) is 71.4 Å². The Kier molecular flexibility index (Phi) is 6.02. The molecule has 37 heavy (non-hydrogen) atoms. The van der Waals surface area contributed by atoms with Crippen LogP contribution in [0.3, 0.4) is 0 Å². The van der Waals surface area contributed by atoms with Crippen LogP contribution in [0, 0.1) is 0 Å². The third kappa shape index (κ3) is 4.57. The van der Waals surface area contributed by atoms with Gasteiger partial charge in [0.15, 0.2) is 5.78 Å². The number of ketones is 1. The van der Waals surface area contributed by atoms with Crippen molar-refractivity contribution in [2.24, 2.45) is 0 Å². The van der Waals surface area contributed by atoms with Crippen LogP contribution in [0.5, 0.6) is 0 Å². The van der Waals surface area contributed by atoms with E-state index in [1.54, 1.807) is 67.6 Å². The highest BCUT2D eigenvalue weighted by atomic mass is 16.2. The molecule has 1 aliphatic heterocycles. The predicted molar refractivity (Wildman–Crippen MR) is 132 cm³/mol. The van der Waals surface area contributed by atoms with E-state index in [1.165, 1.54) is 23.1 Å². The summed E-state index contributed by atoms with van der Waals surface area (Å²) >= 11 is 0. The van der Waals surface area contributed by atoms with Gasteiger partial charge in [-0.25, -0.2) is 9.48 Å². The fraction of sp³-hybridized carbons (Fsp3) is 0.115. The molecule has 1 fully saturated rings.